The van der Waals surface area contributed by atoms with E-state index in [1.54, 1.807) is 6.07 Å². The minimum atomic E-state index is -0.176. The minimum Gasteiger partial charge on any atom is -0.409 e. The van der Waals surface area contributed by atoms with Crippen molar-refractivity contribution in [1.82, 2.24) is 20.0 Å². The fourth-order valence-corrected chi connectivity index (χ4v) is 4.80. The predicted molar refractivity (Wildman–Crippen MR) is 118 cm³/mol. The van der Waals surface area contributed by atoms with E-state index in [1.165, 1.54) is 16.4 Å². The van der Waals surface area contributed by atoms with Gasteiger partial charge in [-0.2, -0.15) is 5.10 Å². The summed E-state index contributed by atoms with van der Waals surface area (Å²) in [7, 11) is 0. The van der Waals surface area contributed by atoms with Gasteiger partial charge in [0.15, 0.2) is 5.69 Å². The zero-order valence-corrected chi connectivity index (χ0v) is 17.5. The molecule has 0 amide bonds. The van der Waals surface area contributed by atoms with Crippen molar-refractivity contribution in [2.45, 2.75) is 42.7 Å². The van der Waals surface area contributed by atoms with Crippen LogP contribution in [0.15, 0.2) is 69.0 Å². The number of Topliss-reactive ketones (excluding diaryl/α,β-unsaturated/α-hetero) is 1. The molecule has 2 aromatic carbocycles. The quantitative estimate of drug-likeness (QED) is 0.469. The van der Waals surface area contributed by atoms with Gasteiger partial charge in [-0.05, 0) is 24.5 Å². The number of ketones is 1. The molecule has 5 rings (SSSR count). The van der Waals surface area contributed by atoms with Gasteiger partial charge in [-0.3, -0.25) is 9.59 Å². The summed E-state index contributed by atoms with van der Waals surface area (Å²) in [5.41, 5.74) is 1.25. The Bertz CT molecular complexity index is 1300. The van der Waals surface area contributed by atoms with Crippen LogP contribution in [0.4, 0.5) is 0 Å². The van der Waals surface area contributed by atoms with Crippen molar-refractivity contribution in [3.05, 3.63) is 70.5 Å². The van der Waals surface area contributed by atoms with Crippen LogP contribution >= 0.6 is 11.8 Å². The Kier molecular flexibility index (Phi) is 5.38. The third-order valence-electron chi connectivity index (χ3n) is 5.39. The number of carbonyl (C=O) groups is 1. The molecule has 1 fully saturated rings. The van der Waals surface area contributed by atoms with E-state index in [1.807, 2.05) is 48.5 Å². The van der Waals surface area contributed by atoms with E-state index >= 15 is 0 Å². The third-order valence-corrected chi connectivity index (χ3v) is 6.54. The minimum absolute atomic E-state index is 0.140. The summed E-state index contributed by atoms with van der Waals surface area (Å²) in [6, 6.07) is 17.0. The van der Waals surface area contributed by atoms with Crippen LogP contribution in [0.5, 0.6) is 0 Å². The number of carbonyl (C=O) groups excluding carboxylic acids is 1. The van der Waals surface area contributed by atoms with Crippen LogP contribution in [0.1, 0.15) is 31.2 Å². The Morgan fingerprint density at radius 2 is 1.74 bits per heavy atom. The van der Waals surface area contributed by atoms with Crippen molar-refractivity contribution in [1.29, 1.82) is 0 Å². The average Bonchev–Trinajstić information content (AvgIpc) is 3.26. The summed E-state index contributed by atoms with van der Waals surface area (Å²) in [5.74, 6) is 0.472. The molecule has 0 bridgehead atoms. The van der Waals surface area contributed by atoms with Gasteiger partial charge in [-0.15, -0.1) is 10.2 Å². The fraction of sp³-hybridized carbons (Fsp3) is 0.261. The summed E-state index contributed by atoms with van der Waals surface area (Å²) in [6.07, 6.45) is 3.41. The topological polar surface area (TPSA) is 90.9 Å². The largest absolute Gasteiger partial charge is 0.409 e. The highest BCUT2D eigenvalue weighted by Gasteiger charge is 2.26. The third kappa shape index (κ3) is 4.03. The molecular weight excluding hydrogens is 412 g/mol. The lowest BCUT2D eigenvalue weighted by molar-refractivity contribution is -0.119. The smallest absolute Gasteiger partial charge is 0.277 e. The first kappa shape index (κ1) is 19.7. The van der Waals surface area contributed by atoms with E-state index in [4.69, 9.17) is 4.42 Å². The zero-order valence-electron chi connectivity index (χ0n) is 16.7. The molecule has 7 nitrogen and oxygen atoms in total. The number of nitrogens with zero attached hydrogens (tertiary/aromatic N) is 4. The van der Waals surface area contributed by atoms with Crippen molar-refractivity contribution >= 4 is 28.3 Å². The molecule has 0 radical (unpaired) electrons. The SMILES string of the molecule is O=C1CCCCC1Sc1nnc(-c2nn(Cc3ccccc3)c(=O)c3ccccc23)o1. The number of aromatic nitrogens is 4. The van der Waals surface area contributed by atoms with E-state index in [9.17, 15) is 9.59 Å². The van der Waals surface area contributed by atoms with Crippen LogP contribution in [0, 0.1) is 0 Å². The van der Waals surface area contributed by atoms with Crippen molar-refractivity contribution in [2.75, 3.05) is 0 Å². The maximum Gasteiger partial charge on any atom is 0.277 e. The summed E-state index contributed by atoms with van der Waals surface area (Å²) in [5, 5.41) is 14.3. The molecule has 0 aliphatic heterocycles. The molecule has 0 saturated heterocycles. The van der Waals surface area contributed by atoms with Gasteiger partial charge in [0.05, 0.1) is 17.2 Å². The van der Waals surface area contributed by atoms with Gasteiger partial charge >= 0.3 is 0 Å². The summed E-state index contributed by atoms with van der Waals surface area (Å²) in [6.45, 7) is 0.337. The molecule has 31 heavy (non-hydrogen) atoms. The Morgan fingerprint density at radius 3 is 2.55 bits per heavy atom. The van der Waals surface area contributed by atoms with Crippen LogP contribution < -0.4 is 5.56 Å². The average molecular weight is 433 g/mol. The Hall–Kier alpha value is -3.26. The molecule has 1 saturated carbocycles. The molecule has 8 heteroatoms. The maximum atomic E-state index is 13.0. The highest BCUT2D eigenvalue weighted by Crippen LogP contribution is 2.33. The lowest BCUT2D eigenvalue weighted by atomic mass is 9.99. The van der Waals surface area contributed by atoms with Gasteiger partial charge in [0.1, 0.15) is 5.78 Å². The second kappa shape index (κ2) is 8.47. The zero-order chi connectivity index (χ0) is 21.2. The Labute approximate surface area is 182 Å². The molecule has 156 valence electrons. The number of fused-ring (bicyclic) bond motifs is 1. The molecular formula is C23H20N4O3S. The Balaban J connectivity index is 1.53. The molecule has 4 aromatic rings. The Morgan fingerprint density at radius 1 is 0.968 bits per heavy atom. The molecule has 0 N–H and O–H groups in total. The molecule has 2 heterocycles. The second-order valence-corrected chi connectivity index (χ2v) is 8.69. The van der Waals surface area contributed by atoms with Crippen LogP contribution in [-0.4, -0.2) is 31.0 Å². The van der Waals surface area contributed by atoms with Crippen molar-refractivity contribution in [2.24, 2.45) is 0 Å². The van der Waals surface area contributed by atoms with Crippen molar-refractivity contribution < 1.29 is 9.21 Å². The first-order valence-corrected chi connectivity index (χ1v) is 11.1. The van der Waals surface area contributed by atoms with Crippen molar-refractivity contribution in [3.8, 4) is 11.6 Å². The van der Waals surface area contributed by atoms with Gasteiger partial charge in [-0.25, -0.2) is 4.68 Å². The van der Waals surface area contributed by atoms with Crippen LogP contribution in [0.2, 0.25) is 0 Å². The van der Waals surface area contributed by atoms with Gasteiger partial charge in [0.25, 0.3) is 16.7 Å². The van der Waals surface area contributed by atoms with Crippen LogP contribution in [0.25, 0.3) is 22.4 Å². The molecule has 1 unspecified atom stereocenters. The fourth-order valence-electron chi connectivity index (χ4n) is 3.81. The van der Waals surface area contributed by atoms with Gasteiger partial charge < -0.3 is 4.42 Å². The summed E-state index contributed by atoms with van der Waals surface area (Å²) < 4.78 is 7.31. The molecule has 2 aromatic heterocycles. The molecule has 1 aliphatic rings. The van der Waals surface area contributed by atoms with E-state index in [-0.39, 0.29) is 22.5 Å². The monoisotopic (exact) mass is 432 g/mol. The summed E-state index contributed by atoms with van der Waals surface area (Å²) >= 11 is 1.32. The highest BCUT2D eigenvalue weighted by atomic mass is 32.2. The first-order chi connectivity index (χ1) is 15.2. The molecule has 0 spiro atoms. The number of hydrogen-bond donors (Lipinski definition) is 0. The maximum absolute atomic E-state index is 13.0. The summed E-state index contributed by atoms with van der Waals surface area (Å²) in [4.78, 5) is 25.2. The van der Waals surface area contributed by atoms with E-state index < -0.39 is 0 Å². The molecule has 1 atom stereocenters. The number of thioether (sulfide) groups is 1. The van der Waals surface area contributed by atoms with E-state index in [0.717, 1.165) is 24.8 Å². The highest BCUT2D eigenvalue weighted by molar-refractivity contribution is 8.00. The van der Waals surface area contributed by atoms with Crippen LogP contribution in [-0.2, 0) is 11.3 Å². The lowest BCUT2D eigenvalue weighted by Crippen LogP contribution is -2.24. The first-order valence-electron chi connectivity index (χ1n) is 10.3. The number of rotatable bonds is 5. The van der Waals surface area contributed by atoms with Gasteiger partial charge in [0, 0.05) is 11.8 Å². The lowest BCUT2D eigenvalue weighted by Gasteiger charge is -2.17. The van der Waals surface area contributed by atoms with Gasteiger partial charge in [-0.1, -0.05) is 66.7 Å². The van der Waals surface area contributed by atoms with Gasteiger partial charge in [0.2, 0.25) is 0 Å². The standard InChI is InChI=1S/C23H20N4O3S/c28-18-12-6-7-13-19(18)31-23-25-24-21(30-23)20-16-10-4-5-11-17(16)22(29)27(26-20)14-15-8-2-1-3-9-15/h1-5,8-11,19H,6-7,12-14H2. The molecule has 1 aliphatic carbocycles. The number of hydrogen-bond acceptors (Lipinski definition) is 7. The van der Waals surface area contributed by atoms with Crippen LogP contribution in [0.3, 0.4) is 0 Å². The van der Waals surface area contributed by atoms with E-state index in [2.05, 4.69) is 15.3 Å². The van der Waals surface area contributed by atoms with Crippen molar-refractivity contribution in [3.63, 3.8) is 0 Å². The van der Waals surface area contributed by atoms with E-state index in [0.29, 0.717) is 34.7 Å². The number of benzene rings is 2. The predicted octanol–water partition coefficient (Wildman–Crippen LogP) is 4.10. The second-order valence-electron chi connectivity index (χ2n) is 7.53. The normalized spacial score (nSPS) is 16.6.